The van der Waals surface area contributed by atoms with Gasteiger partial charge < -0.3 is 18.6 Å². The molecular weight excluding hydrogens is 829 g/mol. The van der Waals surface area contributed by atoms with Gasteiger partial charge in [-0.1, -0.05) is 149 Å². The maximum atomic E-state index is 7.05. The summed E-state index contributed by atoms with van der Waals surface area (Å²) in [6.45, 7) is 22.6. The van der Waals surface area contributed by atoms with Crippen molar-refractivity contribution in [2.75, 3.05) is 9.80 Å². The highest BCUT2D eigenvalue weighted by Crippen LogP contribution is 2.54. The van der Waals surface area contributed by atoms with Crippen molar-refractivity contribution in [1.82, 2.24) is 0 Å². The Kier molecular flexibility index (Phi) is 9.54. The Morgan fingerprint density at radius 3 is 1.06 bits per heavy atom. The molecule has 0 unspecified atom stereocenters. The Balaban J connectivity index is 1.24. The molecule has 2 heterocycles. The standard InChI is InChI=1S/C64H56N2O2/c1-35(2)51-33-55(65(53-23-13-11-17-37(53)5)59-39(7)25-27-47-45-21-15-19-41(9)61(45)67-63(47)59)49-32-30-44-52(36(3)4)34-56(50-31-29-43(51)57(49)58(44)50)66(54-24-14-12-18-38(54)6)60-40(8)26-28-48-46-22-16-20-42(10)62(46)68-64(48)60/h11-36H,1-10H3. The van der Waals surface area contributed by atoms with E-state index in [0.717, 1.165) is 100 Å². The highest BCUT2D eigenvalue weighted by Gasteiger charge is 2.30. The first-order valence-electron chi connectivity index (χ1n) is 24.2. The molecule has 0 aliphatic carbocycles. The van der Waals surface area contributed by atoms with Crippen LogP contribution in [0.3, 0.4) is 0 Å². The molecule has 0 N–H and O–H groups in total. The van der Waals surface area contributed by atoms with Crippen LogP contribution in [0.15, 0.2) is 154 Å². The molecule has 12 rings (SSSR count). The predicted molar refractivity (Wildman–Crippen MR) is 291 cm³/mol. The van der Waals surface area contributed by atoms with E-state index in [1.54, 1.807) is 0 Å². The molecule has 0 fully saturated rings. The normalized spacial score (nSPS) is 12.2. The van der Waals surface area contributed by atoms with Crippen LogP contribution in [-0.2, 0) is 0 Å². The Morgan fingerprint density at radius 1 is 0.309 bits per heavy atom. The monoisotopic (exact) mass is 884 g/mol. The number of hydrogen-bond donors (Lipinski definition) is 0. The van der Waals surface area contributed by atoms with Gasteiger partial charge in [-0.05, 0) is 144 Å². The smallest absolute Gasteiger partial charge is 0.159 e. The summed E-state index contributed by atoms with van der Waals surface area (Å²) in [4.78, 5) is 5.03. The quantitative estimate of drug-likeness (QED) is 0.142. The number of aryl methyl sites for hydroxylation is 6. The third kappa shape index (κ3) is 6.06. The molecule has 0 radical (unpaired) electrons. The van der Waals surface area contributed by atoms with Crippen LogP contribution in [0.5, 0.6) is 0 Å². The van der Waals surface area contributed by atoms with E-state index >= 15 is 0 Å². The fourth-order valence-electron chi connectivity index (χ4n) is 11.4. The van der Waals surface area contributed by atoms with Crippen LogP contribution in [0.1, 0.15) is 84.0 Å². The summed E-state index contributed by atoms with van der Waals surface area (Å²) in [7, 11) is 0. The van der Waals surface area contributed by atoms with Crippen molar-refractivity contribution in [3.05, 3.63) is 190 Å². The molecule has 0 saturated heterocycles. The van der Waals surface area contributed by atoms with Crippen molar-refractivity contribution in [1.29, 1.82) is 0 Å². The number of nitrogens with zero attached hydrogens (tertiary/aromatic N) is 2. The van der Waals surface area contributed by atoms with E-state index in [4.69, 9.17) is 8.83 Å². The SMILES string of the molecule is Cc1ccccc1N(c1cc(C(C)C)c2ccc3c(N(c4ccccc4C)c4c(C)ccc5c4oc4c(C)cccc45)cc(C(C)C)c4ccc1c2c43)c1c(C)ccc2c1oc1c(C)cccc12. The molecule has 4 nitrogen and oxygen atoms in total. The van der Waals surface area contributed by atoms with Crippen LogP contribution >= 0.6 is 0 Å². The van der Waals surface area contributed by atoms with Gasteiger partial charge in [-0.25, -0.2) is 0 Å². The average Bonchev–Trinajstić information content (AvgIpc) is 3.91. The number of para-hydroxylation sites is 4. The topological polar surface area (TPSA) is 32.8 Å². The molecule has 0 spiro atoms. The van der Waals surface area contributed by atoms with Gasteiger partial charge in [0.2, 0.25) is 0 Å². The van der Waals surface area contributed by atoms with E-state index < -0.39 is 0 Å². The van der Waals surface area contributed by atoms with E-state index in [-0.39, 0.29) is 11.8 Å². The Bertz CT molecular complexity index is 3750. The fraction of sp³-hybridized carbons (Fsp3) is 0.188. The van der Waals surface area contributed by atoms with E-state index in [0.29, 0.717) is 0 Å². The summed E-state index contributed by atoms with van der Waals surface area (Å²) in [6.07, 6.45) is 0. The lowest BCUT2D eigenvalue weighted by Gasteiger charge is -2.33. The summed E-state index contributed by atoms with van der Waals surface area (Å²) in [5.74, 6) is 0.485. The highest BCUT2D eigenvalue weighted by molar-refractivity contribution is 6.30. The summed E-state index contributed by atoms with van der Waals surface area (Å²) < 4.78 is 14.1. The van der Waals surface area contributed by atoms with Crippen LogP contribution in [0.25, 0.3) is 76.2 Å². The van der Waals surface area contributed by atoms with Crippen LogP contribution in [-0.4, -0.2) is 0 Å². The van der Waals surface area contributed by atoms with Gasteiger partial charge in [0.15, 0.2) is 11.2 Å². The molecule has 4 heteroatoms. The van der Waals surface area contributed by atoms with Gasteiger partial charge in [-0.15, -0.1) is 0 Å². The van der Waals surface area contributed by atoms with Crippen molar-refractivity contribution in [3.8, 4) is 0 Å². The Morgan fingerprint density at radius 2 is 0.662 bits per heavy atom. The lowest BCUT2D eigenvalue weighted by Crippen LogP contribution is -2.15. The molecule has 10 aromatic carbocycles. The van der Waals surface area contributed by atoms with Gasteiger partial charge in [-0.2, -0.15) is 0 Å². The predicted octanol–water partition coefficient (Wildman–Crippen LogP) is 19.4. The van der Waals surface area contributed by atoms with Gasteiger partial charge >= 0.3 is 0 Å². The fourth-order valence-corrected chi connectivity index (χ4v) is 11.4. The maximum absolute atomic E-state index is 7.05. The van der Waals surface area contributed by atoms with Gasteiger partial charge in [0.25, 0.3) is 0 Å². The van der Waals surface area contributed by atoms with Crippen LogP contribution in [0, 0.1) is 41.5 Å². The molecular formula is C64H56N2O2. The lowest BCUT2D eigenvalue weighted by molar-refractivity contribution is 0.665. The zero-order valence-corrected chi connectivity index (χ0v) is 40.7. The Hall–Kier alpha value is -7.56. The highest BCUT2D eigenvalue weighted by atomic mass is 16.3. The first-order valence-corrected chi connectivity index (χ1v) is 24.2. The third-order valence-electron chi connectivity index (χ3n) is 14.9. The number of fused-ring (bicyclic) bond motifs is 6. The van der Waals surface area contributed by atoms with Crippen molar-refractivity contribution in [3.63, 3.8) is 0 Å². The molecule has 0 aliphatic heterocycles. The second kappa shape index (κ2) is 15.5. The van der Waals surface area contributed by atoms with E-state index in [9.17, 15) is 0 Å². The largest absolute Gasteiger partial charge is 0.454 e. The summed E-state index contributed by atoms with van der Waals surface area (Å²) in [5.41, 5.74) is 19.9. The zero-order valence-electron chi connectivity index (χ0n) is 40.7. The van der Waals surface area contributed by atoms with Crippen molar-refractivity contribution >= 4 is 110 Å². The number of furan rings is 2. The number of anilines is 6. The molecule has 2 aromatic heterocycles. The molecule has 12 aromatic rings. The van der Waals surface area contributed by atoms with E-state index in [2.05, 4.69) is 225 Å². The summed E-state index contributed by atoms with van der Waals surface area (Å²) in [5, 5.41) is 12.1. The maximum Gasteiger partial charge on any atom is 0.159 e. The number of hydrogen-bond acceptors (Lipinski definition) is 4. The van der Waals surface area contributed by atoms with Crippen molar-refractivity contribution in [2.24, 2.45) is 0 Å². The third-order valence-corrected chi connectivity index (χ3v) is 14.9. The molecule has 0 amide bonds. The molecule has 0 atom stereocenters. The van der Waals surface area contributed by atoms with Crippen molar-refractivity contribution in [2.45, 2.75) is 81.1 Å². The van der Waals surface area contributed by atoms with Gasteiger partial charge in [-0.3, -0.25) is 0 Å². The zero-order chi connectivity index (χ0) is 46.9. The van der Waals surface area contributed by atoms with Crippen LogP contribution < -0.4 is 9.80 Å². The van der Waals surface area contributed by atoms with Gasteiger partial charge in [0.1, 0.15) is 11.2 Å². The summed E-state index contributed by atoms with van der Waals surface area (Å²) in [6, 6.07) is 54.2. The minimum Gasteiger partial charge on any atom is -0.454 e. The summed E-state index contributed by atoms with van der Waals surface area (Å²) >= 11 is 0. The first-order chi connectivity index (χ1) is 32.9. The van der Waals surface area contributed by atoms with Gasteiger partial charge in [0.05, 0.1) is 22.7 Å². The van der Waals surface area contributed by atoms with E-state index in [1.165, 1.54) is 54.6 Å². The first kappa shape index (κ1) is 41.8. The second-order valence-electron chi connectivity index (χ2n) is 19.9. The lowest BCUT2D eigenvalue weighted by atomic mass is 9.83. The molecule has 334 valence electrons. The average molecular weight is 885 g/mol. The van der Waals surface area contributed by atoms with Crippen LogP contribution in [0.2, 0.25) is 0 Å². The van der Waals surface area contributed by atoms with Crippen LogP contribution in [0.4, 0.5) is 34.1 Å². The molecule has 0 saturated carbocycles. The number of benzene rings is 10. The van der Waals surface area contributed by atoms with E-state index in [1.807, 2.05) is 0 Å². The second-order valence-corrected chi connectivity index (χ2v) is 19.9. The Labute approximate surface area is 398 Å². The van der Waals surface area contributed by atoms with Gasteiger partial charge in [0, 0.05) is 43.7 Å². The minimum atomic E-state index is 0.243. The molecule has 0 aliphatic rings. The number of rotatable bonds is 8. The molecule has 68 heavy (non-hydrogen) atoms. The molecule has 0 bridgehead atoms. The van der Waals surface area contributed by atoms with Crippen molar-refractivity contribution < 1.29 is 8.83 Å². The minimum absolute atomic E-state index is 0.243.